The van der Waals surface area contributed by atoms with Crippen LogP contribution in [0.5, 0.6) is 0 Å². The molecular weight excluding hydrogens is 298 g/mol. The largest absolute Gasteiger partial charge is 0.444 e. The smallest absolute Gasteiger partial charge is 0.410 e. The highest BCUT2D eigenvalue weighted by atomic mass is 35.5. The van der Waals surface area contributed by atoms with Crippen molar-refractivity contribution in [3.63, 3.8) is 0 Å². The molecule has 22 heavy (non-hydrogen) atoms. The second-order valence-corrected chi connectivity index (χ2v) is 8.17. The molecule has 3 nitrogen and oxygen atoms in total. The number of piperidine rings is 1. The first-order chi connectivity index (χ1) is 10.3. The van der Waals surface area contributed by atoms with Gasteiger partial charge in [0.25, 0.3) is 0 Å². The molecule has 0 N–H and O–H groups in total. The van der Waals surface area contributed by atoms with E-state index in [2.05, 4.69) is 12.1 Å². The Bertz CT molecular complexity index is 583. The summed E-state index contributed by atoms with van der Waals surface area (Å²) in [4.78, 5) is 14.0. The SMILES string of the molecule is CC(C)(C)OC(=O)N1CCC2(CC1)Cc1ccc(Cl)cc1C2. The van der Waals surface area contributed by atoms with Gasteiger partial charge in [-0.25, -0.2) is 4.79 Å². The molecule has 0 unspecified atom stereocenters. The molecule has 0 aromatic heterocycles. The number of hydrogen-bond acceptors (Lipinski definition) is 2. The van der Waals surface area contributed by atoms with Crippen LogP contribution in [-0.4, -0.2) is 29.7 Å². The number of rotatable bonds is 0. The molecule has 1 fully saturated rings. The normalized spacial score (nSPS) is 20.1. The number of carbonyl (C=O) groups excluding carboxylic acids is 1. The number of likely N-dealkylation sites (tertiary alicyclic amines) is 1. The molecule has 0 atom stereocenters. The first kappa shape index (κ1) is 15.7. The molecule has 2 aliphatic rings. The summed E-state index contributed by atoms with van der Waals surface area (Å²) >= 11 is 6.11. The van der Waals surface area contributed by atoms with Crippen molar-refractivity contribution in [2.24, 2.45) is 5.41 Å². The average molecular weight is 322 g/mol. The third kappa shape index (κ3) is 3.24. The van der Waals surface area contributed by atoms with Crippen molar-refractivity contribution in [1.82, 2.24) is 4.90 Å². The van der Waals surface area contributed by atoms with E-state index in [1.165, 1.54) is 11.1 Å². The summed E-state index contributed by atoms with van der Waals surface area (Å²) in [6.45, 7) is 7.31. The second-order valence-electron chi connectivity index (χ2n) is 7.73. The number of halogens is 1. The third-order valence-corrected chi connectivity index (χ3v) is 5.01. The highest BCUT2D eigenvalue weighted by molar-refractivity contribution is 6.30. The summed E-state index contributed by atoms with van der Waals surface area (Å²) in [6, 6.07) is 6.24. The molecule has 1 amide bonds. The van der Waals surface area contributed by atoms with Gasteiger partial charge in [-0.2, -0.15) is 0 Å². The van der Waals surface area contributed by atoms with E-state index in [4.69, 9.17) is 16.3 Å². The van der Waals surface area contributed by atoms with Gasteiger partial charge in [-0.05, 0) is 75.1 Å². The highest BCUT2D eigenvalue weighted by Gasteiger charge is 2.41. The van der Waals surface area contributed by atoms with Crippen LogP contribution in [0.25, 0.3) is 0 Å². The van der Waals surface area contributed by atoms with Crippen molar-refractivity contribution in [3.8, 4) is 0 Å². The molecule has 1 aromatic carbocycles. The van der Waals surface area contributed by atoms with E-state index in [9.17, 15) is 4.79 Å². The van der Waals surface area contributed by atoms with E-state index >= 15 is 0 Å². The fourth-order valence-corrected chi connectivity index (χ4v) is 3.84. The van der Waals surface area contributed by atoms with E-state index in [1.807, 2.05) is 31.7 Å². The Kier molecular flexibility index (Phi) is 3.88. The van der Waals surface area contributed by atoms with Gasteiger partial charge in [0.2, 0.25) is 0 Å². The zero-order valence-electron chi connectivity index (χ0n) is 13.6. The Morgan fingerprint density at radius 3 is 2.45 bits per heavy atom. The highest BCUT2D eigenvalue weighted by Crippen LogP contribution is 2.45. The Morgan fingerprint density at radius 1 is 1.18 bits per heavy atom. The van der Waals surface area contributed by atoms with Crippen molar-refractivity contribution < 1.29 is 9.53 Å². The Hall–Kier alpha value is -1.22. The third-order valence-electron chi connectivity index (χ3n) is 4.78. The van der Waals surface area contributed by atoms with Crippen LogP contribution in [0.3, 0.4) is 0 Å². The van der Waals surface area contributed by atoms with Gasteiger partial charge in [-0.3, -0.25) is 0 Å². The van der Waals surface area contributed by atoms with Crippen LogP contribution < -0.4 is 0 Å². The fourth-order valence-electron chi connectivity index (χ4n) is 3.65. The molecule has 1 aliphatic heterocycles. The fraction of sp³-hybridized carbons (Fsp3) is 0.611. The minimum Gasteiger partial charge on any atom is -0.444 e. The number of ether oxygens (including phenoxy) is 1. The predicted molar refractivity (Wildman–Crippen MR) is 88.3 cm³/mol. The van der Waals surface area contributed by atoms with E-state index in [1.54, 1.807) is 0 Å². The van der Waals surface area contributed by atoms with E-state index in [0.29, 0.717) is 5.41 Å². The second kappa shape index (κ2) is 5.45. The van der Waals surface area contributed by atoms with Gasteiger partial charge < -0.3 is 9.64 Å². The quantitative estimate of drug-likeness (QED) is 0.706. The molecule has 1 spiro atoms. The summed E-state index contributed by atoms with van der Waals surface area (Å²) in [5, 5.41) is 0.821. The number of hydrogen-bond donors (Lipinski definition) is 0. The standard InChI is InChI=1S/C18H24ClNO2/c1-17(2,3)22-16(21)20-8-6-18(7-9-20)11-13-4-5-15(19)10-14(13)12-18/h4-5,10H,6-9,11-12H2,1-3H3. The number of nitrogens with zero attached hydrogens (tertiary/aromatic N) is 1. The Balaban J connectivity index is 1.62. The summed E-state index contributed by atoms with van der Waals surface area (Å²) in [6.07, 6.45) is 4.10. The topological polar surface area (TPSA) is 29.5 Å². The van der Waals surface area contributed by atoms with Crippen LogP contribution >= 0.6 is 11.6 Å². The maximum atomic E-state index is 12.2. The summed E-state index contributed by atoms with van der Waals surface area (Å²) in [5.74, 6) is 0. The number of carbonyl (C=O) groups is 1. The molecule has 0 saturated carbocycles. The molecule has 120 valence electrons. The summed E-state index contributed by atoms with van der Waals surface area (Å²) in [7, 11) is 0. The van der Waals surface area contributed by atoms with Gasteiger partial charge in [0.1, 0.15) is 5.60 Å². The van der Waals surface area contributed by atoms with Crippen LogP contribution in [0.4, 0.5) is 4.79 Å². The lowest BCUT2D eigenvalue weighted by Gasteiger charge is -2.39. The first-order valence-corrected chi connectivity index (χ1v) is 8.39. The van der Waals surface area contributed by atoms with Crippen molar-refractivity contribution in [1.29, 1.82) is 0 Å². The zero-order chi connectivity index (χ0) is 16.0. The van der Waals surface area contributed by atoms with Crippen molar-refractivity contribution in [2.45, 2.75) is 52.1 Å². The molecule has 1 heterocycles. The van der Waals surface area contributed by atoms with Crippen molar-refractivity contribution in [2.75, 3.05) is 13.1 Å². The van der Waals surface area contributed by atoms with Crippen LogP contribution in [0, 0.1) is 5.41 Å². The molecule has 1 saturated heterocycles. The van der Waals surface area contributed by atoms with Gasteiger partial charge in [0.15, 0.2) is 0 Å². The first-order valence-electron chi connectivity index (χ1n) is 8.02. The molecule has 0 bridgehead atoms. The molecule has 0 radical (unpaired) electrons. The lowest BCUT2D eigenvalue weighted by Crippen LogP contribution is -2.45. The predicted octanol–water partition coefficient (Wildman–Crippen LogP) is 4.46. The van der Waals surface area contributed by atoms with Gasteiger partial charge in [-0.1, -0.05) is 17.7 Å². The molecular formula is C18H24ClNO2. The molecule has 1 aromatic rings. The molecule has 1 aliphatic carbocycles. The Morgan fingerprint density at radius 2 is 1.82 bits per heavy atom. The minimum atomic E-state index is -0.424. The van der Waals surface area contributed by atoms with Crippen molar-refractivity contribution in [3.05, 3.63) is 34.3 Å². The molecule has 3 rings (SSSR count). The number of amides is 1. The van der Waals surface area contributed by atoms with Gasteiger partial charge in [0, 0.05) is 18.1 Å². The van der Waals surface area contributed by atoms with Gasteiger partial charge in [-0.15, -0.1) is 0 Å². The summed E-state index contributed by atoms with van der Waals surface area (Å²) < 4.78 is 5.48. The van der Waals surface area contributed by atoms with Gasteiger partial charge in [0.05, 0.1) is 0 Å². The van der Waals surface area contributed by atoms with E-state index in [0.717, 1.165) is 43.8 Å². The number of benzene rings is 1. The number of fused-ring (bicyclic) bond motifs is 1. The van der Waals surface area contributed by atoms with Crippen LogP contribution in [0.1, 0.15) is 44.7 Å². The zero-order valence-corrected chi connectivity index (χ0v) is 14.4. The van der Waals surface area contributed by atoms with Crippen LogP contribution in [0.15, 0.2) is 18.2 Å². The lowest BCUT2D eigenvalue weighted by molar-refractivity contribution is 0.0111. The van der Waals surface area contributed by atoms with E-state index < -0.39 is 5.60 Å². The molecule has 4 heteroatoms. The Labute approximate surface area is 137 Å². The van der Waals surface area contributed by atoms with Gasteiger partial charge >= 0.3 is 6.09 Å². The maximum absolute atomic E-state index is 12.2. The average Bonchev–Trinajstić information content (AvgIpc) is 2.74. The maximum Gasteiger partial charge on any atom is 0.410 e. The monoisotopic (exact) mass is 321 g/mol. The van der Waals surface area contributed by atoms with Crippen LogP contribution in [-0.2, 0) is 17.6 Å². The minimum absolute atomic E-state index is 0.180. The summed E-state index contributed by atoms with van der Waals surface area (Å²) in [5.41, 5.74) is 2.70. The van der Waals surface area contributed by atoms with Crippen molar-refractivity contribution >= 4 is 17.7 Å². The lowest BCUT2D eigenvalue weighted by atomic mass is 9.76. The van der Waals surface area contributed by atoms with E-state index in [-0.39, 0.29) is 6.09 Å². The van der Waals surface area contributed by atoms with Crippen LogP contribution in [0.2, 0.25) is 5.02 Å².